The fourth-order valence-corrected chi connectivity index (χ4v) is 2.05. The molecule has 126 valence electrons. The molecular weight excluding hydrogens is 311 g/mol. The third-order valence-corrected chi connectivity index (χ3v) is 3.46. The molecule has 5 nitrogen and oxygen atoms in total. The largest absolute Gasteiger partial charge is 0.483 e. The van der Waals surface area contributed by atoms with Gasteiger partial charge in [-0.25, -0.2) is 4.39 Å². The van der Waals surface area contributed by atoms with E-state index in [-0.39, 0.29) is 12.2 Å². The van der Waals surface area contributed by atoms with E-state index in [1.807, 2.05) is 25.1 Å². The van der Waals surface area contributed by atoms with Gasteiger partial charge in [0.25, 0.3) is 11.8 Å². The number of para-hydroxylation sites is 1. The molecule has 0 aliphatic rings. The number of carbonyl (C=O) groups excluding carboxylic acids is 2. The van der Waals surface area contributed by atoms with E-state index >= 15 is 0 Å². The van der Waals surface area contributed by atoms with E-state index < -0.39 is 17.6 Å². The number of hydrogen-bond acceptors (Lipinski definition) is 3. The molecule has 0 heterocycles. The van der Waals surface area contributed by atoms with Crippen molar-refractivity contribution in [1.29, 1.82) is 0 Å². The van der Waals surface area contributed by atoms with Gasteiger partial charge in [-0.3, -0.25) is 20.4 Å². The summed E-state index contributed by atoms with van der Waals surface area (Å²) in [6, 6.07) is 11.5. The number of aryl methyl sites for hydroxylation is 2. The molecule has 24 heavy (non-hydrogen) atoms. The van der Waals surface area contributed by atoms with Crippen molar-refractivity contribution in [2.45, 2.75) is 20.3 Å². The Hall–Kier alpha value is -2.89. The van der Waals surface area contributed by atoms with Gasteiger partial charge in [-0.05, 0) is 42.7 Å². The zero-order chi connectivity index (χ0) is 17.5. The Morgan fingerprint density at radius 1 is 1.12 bits per heavy atom. The molecule has 2 rings (SSSR count). The van der Waals surface area contributed by atoms with E-state index in [0.717, 1.165) is 18.1 Å². The molecule has 2 aromatic rings. The third kappa shape index (κ3) is 4.55. The van der Waals surface area contributed by atoms with Crippen LogP contribution in [0.3, 0.4) is 0 Å². The quantitative estimate of drug-likeness (QED) is 0.828. The van der Waals surface area contributed by atoms with E-state index in [2.05, 4.69) is 10.9 Å². The topological polar surface area (TPSA) is 67.4 Å². The Morgan fingerprint density at radius 2 is 1.88 bits per heavy atom. The Morgan fingerprint density at radius 3 is 2.58 bits per heavy atom. The zero-order valence-corrected chi connectivity index (χ0v) is 13.6. The van der Waals surface area contributed by atoms with E-state index in [4.69, 9.17) is 4.74 Å². The van der Waals surface area contributed by atoms with E-state index in [1.165, 1.54) is 12.1 Å². The van der Waals surface area contributed by atoms with Crippen LogP contribution in [0.15, 0.2) is 42.5 Å². The molecule has 0 bridgehead atoms. The number of hydrogen-bond donors (Lipinski definition) is 2. The summed E-state index contributed by atoms with van der Waals surface area (Å²) in [4.78, 5) is 23.6. The summed E-state index contributed by atoms with van der Waals surface area (Å²) in [6.45, 7) is 3.35. The van der Waals surface area contributed by atoms with Crippen LogP contribution >= 0.6 is 0 Å². The highest BCUT2D eigenvalue weighted by Crippen LogP contribution is 2.17. The van der Waals surface area contributed by atoms with Crippen LogP contribution < -0.4 is 15.6 Å². The monoisotopic (exact) mass is 330 g/mol. The summed E-state index contributed by atoms with van der Waals surface area (Å²) in [7, 11) is 0. The first-order valence-corrected chi connectivity index (χ1v) is 7.57. The van der Waals surface area contributed by atoms with Gasteiger partial charge in [-0.1, -0.05) is 31.2 Å². The molecule has 0 aliphatic heterocycles. The maximum atomic E-state index is 13.4. The minimum atomic E-state index is -0.601. The average Bonchev–Trinajstić information content (AvgIpc) is 2.60. The highest BCUT2D eigenvalue weighted by molar-refractivity contribution is 5.95. The summed E-state index contributed by atoms with van der Waals surface area (Å²) < 4.78 is 18.9. The highest BCUT2D eigenvalue weighted by Gasteiger charge is 2.10. The van der Waals surface area contributed by atoms with Crippen LogP contribution in [0, 0.1) is 12.7 Å². The molecule has 2 amide bonds. The van der Waals surface area contributed by atoms with Crippen LogP contribution in [-0.4, -0.2) is 18.4 Å². The lowest BCUT2D eigenvalue weighted by molar-refractivity contribution is -0.123. The lowest BCUT2D eigenvalue weighted by Crippen LogP contribution is -2.43. The van der Waals surface area contributed by atoms with Gasteiger partial charge in [0.15, 0.2) is 6.61 Å². The minimum absolute atomic E-state index is 0.121. The second-order valence-electron chi connectivity index (χ2n) is 5.22. The predicted octanol–water partition coefficient (Wildman–Crippen LogP) is 2.54. The summed E-state index contributed by atoms with van der Waals surface area (Å²) in [5.41, 5.74) is 6.02. The van der Waals surface area contributed by atoms with Crippen molar-refractivity contribution in [2.75, 3.05) is 6.61 Å². The fraction of sp³-hybridized carbons (Fsp3) is 0.222. The Balaban J connectivity index is 1.84. The molecule has 0 spiro atoms. The van der Waals surface area contributed by atoms with Crippen molar-refractivity contribution in [3.63, 3.8) is 0 Å². The summed E-state index contributed by atoms with van der Waals surface area (Å²) in [6.07, 6.45) is 0.785. The van der Waals surface area contributed by atoms with Crippen molar-refractivity contribution in [2.24, 2.45) is 0 Å². The number of amides is 2. The number of carbonyl (C=O) groups is 2. The fourth-order valence-electron chi connectivity index (χ4n) is 2.05. The first kappa shape index (κ1) is 17.5. The molecule has 0 atom stereocenters. The van der Waals surface area contributed by atoms with Crippen LogP contribution in [0.1, 0.15) is 28.4 Å². The molecule has 0 aromatic heterocycles. The van der Waals surface area contributed by atoms with Gasteiger partial charge in [0, 0.05) is 5.56 Å². The van der Waals surface area contributed by atoms with Gasteiger partial charge in [0.2, 0.25) is 0 Å². The standard InChI is InChI=1S/C18H19FN2O3/c1-3-13-6-4-5-7-16(13)24-11-17(22)20-21-18(23)14-9-8-12(2)15(19)10-14/h4-10H,3,11H2,1-2H3,(H,20,22)(H,21,23). The van der Waals surface area contributed by atoms with E-state index in [1.54, 1.807) is 13.0 Å². The van der Waals surface area contributed by atoms with Crippen LogP contribution in [0.25, 0.3) is 0 Å². The van der Waals surface area contributed by atoms with Crippen molar-refractivity contribution < 1.29 is 18.7 Å². The first-order chi connectivity index (χ1) is 11.5. The summed E-state index contributed by atoms with van der Waals surface area (Å²) in [5, 5.41) is 0. The van der Waals surface area contributed by atoms with E-state index in [9.17, 15) is 14.0 Å². The number of hydrazine groups is 1. The molecule has 0 saturated heterocycles. The van der Waals surface area contributed by atoms with Crippen molar-refractivity contribution in [3.05, 3.63) is 65.0 Å². The molecular formula is C18H19FN2O3. The maximum absolute atomic E-state index is 13.4. The Kier molecular flexibility index (Phi) is 5.89. The smallest absolute Gasteiger partial charge is 0.276 e. The molecule has 0 radical (unpaired) electrons. The summed E-state index contributed by atoms with van der Waals surface area (Å²) in [5.74, 6) is -0.964. The number of halogens is 1. The maximum Gasteiger partial charge on any atom is 0.276 e. The number of benzene rings is 2. The number of rotatable bonds is 5. The second-order valence-corrected chi connectivity index (χ2v) is 5.22. The van der Waals surface area contributed by atoms with Crippen molar-refractivity contribution >= 4 is 11.8 Å². The second kappa shape index (κ2) is 8.10. The molecule has 0 fully saturated rings. The Bertz CT molecular complexity index is 747. The minimum Gasteiger partial charge on any atom is -0.483 e. The zero-order valence-electron chi connectivity index (χ0n) is 13.6. The molecule has 0 unspecified atom stereocenters. The van der Waals surface area contributed by atoms with Gasteiger partial charge in [0.05, 0.1) is 0 Å². The molecule has 0 aliphatic carbocycles. The van der Waals surface area contributed by atoms with Crippen LogP contribution in [-0.2, 0) is 11.2 Å². The number of nitrogens with one attached hydrogen (secondary N) is 2. The van der Waals surface area contributed by atoms with Crippen LogP contribution in [0.5, 0.6) is 5.75 Å². The Labute approximate surface area is 139 Å². The van der Waals surface area contributed by atoms with Gasteiger partial charge in [0.1, 0.15) is 11.6 Å². The number of ether oxygens (including phenoxy) is 1. The SMILES string of the molecule is CCc1ccccc1OCC(=O)NNC(=O)c1ccc(C)c(F)c1. The summed E-state index contributed by atoms with van der Waals surface area (Å²) >= 11 is 0. The van der Waals surface area contributed by atoms with Crippen molar-refractivity contribution in [3.8, 4) is 5.75 Å². The lowest BCUT2D eigenvalue weighted by Gasteiger charge is -2.11. The highest BCUT2D eigenvalue weighted by atomic mass is 19.1. The van der Waals surface area contributed by atoms with Crippen LogP contribution in [0.4, 0.5) is 4.39 Å². The van der Waals surface area contributed by atoms with Gasteiger partial charge < -0.3 is 4.74 Å². The lowest BCUT2D eigenvalue weighted by atomic mass is 10.1. The first-order valence-electron chi connectivity index (χ1n) is 7.57. The average molecular weight is 330 g/mol. The van der Waals surface area contributed by atoms with Gasteiger partial charge in [-0.15, -0.1) is 0 Å². The van der Waals surface area contributed by atoms with E-state index in [0.29, 0.717) is 11.3 Å². The molecule has 0 saturated carbocycles. The molecule has 2 aromatic carbocycles. The van der Waals surface area contributed by atoms with Crippen molar-refractivity contribution in [1.82, 2.24) is 10.9 Å². The predicted molar refractivity (Wildman–Crippen MR) is 88.1 cm³/mol. The van der Waals surface area contributed by atoms with Gasteiger partial charge >= 0.3 is 0 Å². The third-order valence-electron chi connectivity index (χ3n) is 3.46. The van der Waals surface area contributed by atoms with Gasteiger partial charge in [-0.2, -0.15) is 0 Å². The normalized spacial score (nSPS) is 10.1. The molecule has 6 heteroatoms. The molecule has 2 N–H and O–H groups in total. The van der Waals surface area contributed by atoms with Crippen LogP contribution in [0.2, 0.25) is 0 Å².